The summed E-state index contributed by atoms with van der Waals surface area (Å²) >= 11 is 0. The van der Waals surface area contributed by atoms with Crippen LogP contribution < -0.4 is 19.5 Å². The van der Waals surface area contributed by atoms with Crippen molar-refractivity contribution in [3.8, 4) is 17.2 Å². The zero-order valence-electron chi connectivity index (χ0n) is 20.4. The zero-order valence-corrected chi connectivity index (χ0v) is 20.4. The summed E-state index contributed by atoms with van der Waals surface area (Å²) in [5, 5.41) is 3.56. The molecule has 5 nitrogen and oxygen atoms in total. The van der Waals surface area contributed by atoms with Gasteiger partial charge in [-0.25, -0.2) is 4.39 Å². The van der Waals surface area contributed by atoms with E-state index in [9.17, 15) is 9.18 Å². The Morgan fingerprint density at radius 1 is 1.09 bits per heavy atom. The van der Waals surface area contributed by atoms with E-state index in [2.05, 4.69) is 5.32 Å². The molecule has 4 rings (SSSR count). The van der Waals surface area contributed by atoms with Crippen molar-refractivity contribution in [3.63, 3.8) is 0 Å². The van der Waals surface area contributed by atoms with Crippen LogP contribution in [0.4, 0.5) is 4.39 Å². The molecule has 6 heteroatoms. The molecule has 0 saturated heterocycles. The van der Waals surface area contributed by atoms with Crippen molar-refractivity contribution in [2.24, 2.45) is 0 Å². The van der Waals surface area contributed by atoms with Gasteiger partial charge in [-0.1, -0.05) is 25.0 Å². The molecule has 1 fully saturated rings. The first-order valence-corrected chi connectivity index (χ1v) is 12.6. The molecule has 0 amide bonds. The Morgan fingerprint density at radius 3 is 2.56 bits per heavy atom. The number of fused-ring (bicyclic) bond motifs is 1. The molecule has 34 heavy (non-hydrogen) atoms. The summed E-state index contributed by atoms with van der Waals surface area (Å²) in [7, 11) is 0. The lowest BCUT2D eigenvalue weighted by molar-refractivity contribution is 0.101. The Kier molecular flexibility index (Phi) is 8.44. The predicted octanol–water partition coefficient (Wildman–Crippen LogP) is 5.58. The fraction of sp³-hybridized carbons (Fsp3) is 0.536. The summed E-state index contributed by atoms with van der Waals surface area (Å²) in [4.78, 5) is 12.6. The van der Waals surface area contributed by atoms with E-state index in [1.807, 2.05) is 19.1 Å². The minimum absolute atomic E-state index is 0.0212. The van der Waals surface area contributed by atoms with E-state index in [4.69, 9.17) is 14.2 Å². The van der Waals surface area contributed by atoms with E-state index in [1.54, 1.807) is 6.92 Å². The number of hydrogen-bond acceptors (Lipinski definition) is 5. The van der Waals surface area contributed by atoms with Gasteiger partial charge < -0.3 is 19.5 Å². The minimum Gasteiger partial charge on any atom is -0.489 e. The quantitative estimate of drug-likeness (QED) is 0.325. The fourth-order valence-corrected chi connectivity index (χ4v) is 5.05. The SMILES string of the molecule is CC(=O)c1c(C)c2c(c(OCCCCc3ccc(F)cc3)c1OCCNC1CCCC1)OCC2. The first-order valence-electron chi connectivity index (χ1n) is 12.6. The average Bonchev–Trinajstić information content (AvgIpc) is 3.51. The summed E-state index contributed by atoms with van der Waals surface area (Å²) in [6, 6.07) is 7.20. The van der Waals surface area contributed by atoms with Crippen LogP contribution >= 0.6 is 0 Å². The Hall–Kier alpha value is -2.60. The average molecular weight is 470 g/mol. The van der Waals surface area contributed by atoms with Crippen molar-refractivity contribution in [2.75, 3.05) is 26.4 Å². The van der Waals surface area contributed by atoms with Crippen LogP contribution in [0, 0.1) is 12.7 Å². The van der Waals surface area contributed by atoms with Gasteiger partial charge in [0, 0.05) is 24.6 Å². The summed E-state index contributed by atoms with van der Waals surface area (Å²) in [5.41, 5.74) is 3.69. The standard InChI is InChI=1S/C28H36FNO4/c1-19-24-14-17-33-26(24)28(32-16-6-5-7-21-10-12-22(29)13-11-21)27(25(19)20(2)31)34-18-15-30-23-8-3-4-9-23/h10-13,23,30H,3-9,14-18H2,1-2H3. The van der Waals surface area contributed by atoms with Crippen molar-refractivity contribution in [3.05, 3.63) is 52.3 Å². The number of nitrogens with one attached hydrogen (secondary N) is 1. The van der Waals surface area contributed by atoms with Gasteiger partial charge in [-0.05, 0) is 69.2 Å². The molecule has 0 radical (unpaired) electrons. The lowest BCUT2D eigenvalue weighted by atomic mass is 9.96. The number of ether oxygens (including phenoxy) is 3. The molecule has 1 heterocycles. The van der Waals surface area contributed by atoms with Crippen LogP contribution in [0.3, 0.4) is 0 Å². The number of carbonyl (C=O) groups excluding carboxylic acids is 1. The second-order valence-electron chi connectivity index (χ2n) is 9.34. The molecule has 0 unspecified atom stereocenters. The summed E-state index contributed by atoms with van der Waals surface area (Å²) in [6.07, 6.45) is 8.39. The molecule has 1 N–H and O–H groups in total. The maximum Gasteiger partial charge on any atom is 0.204 e. The lowest BCUT2D eigenvalue weighted by Gasteiger charge is -2.21. The highest BCUT2D eigenvalue weighted by Crippen LogP contribution is 2.48. The second-order valence-corrected chi connectivity index (χ2v) is 9.34. The van der Waals surface area contributed by atoms with Gasteiger partial charge in [0.25, 0.3) is 0 Å². The Bertz CT molecular complexity index is 983. The van der Waals surface area contributed by atoms with Crippen LogP contribution in [0.15, 0.2) is 24.3 Å². The number of aryl methyl sites for hydroxylation is 1. The van der Waals surface area contributed by atoms with Gasteiger partial charge in [0.05, 0.1) is 18.8 Å². The van der Waals surface area contributed by atoms with Crippen molar-refractivity contribution < 1.29 is 23.4 Å². The molecule has 2 aromatic rings. The zero-order chi connectivity index (χ0) is 23.9. The van der Waals surface area contributed by atoms with Crippen molar-refractivity contribution in [1.82, 2.24) is 5.32 Å². The van der Waals surface area contributed by atoms with Crippen molar-refractivity contribution in [2.45, 2.75) is 71.3 Å². The number of rotatable bonds is 12. The number of unbranched alkanes of at least 4 members (excludes halogenated alkanes) is 1. The monoisotopic (exact) mass is 469 g/mol. The first-order chi connectivity index (χ1) is 16.5. The molecule has 1 saturated carbocycles. The Balaban J connectivity index is 1.43. The summed E-state index contributed by atoms with van der Waals surface area (Å²) < 4.78 is 31.5. The van der Waals surface area contributed by atoms with E-state index in [-0.39, 0.29) is 11.6 Å². The van der Waals surface area contributed by atoms with Crippen molar-refractivity contribution >= 4 is 5.78 Å². The van der Waals surface area contributed by atoms with Gasteiger partial charge in [0.1, 0.15) is 12.4 Å². The molecule has 1 aliphatic heterocycles. The highest BCUT2D eigenvalue weighted by molar-refractivity contribution is 6.00. The van der Waals surface area contributed by atoms with Gasteiger partial charge >= 0.3 is 0 Å². The molecule has 0 spiro atoms. The predicted molar refractivity (Wildman–Crippen MR) is 131 cm³/mol. The molecule has 0 bridgehead atoms. The van der Waals surface area contributed by atoms with Crippen molar-refractivity contribution in [1.29, 1.82) is 0 Å². The van der Waals surface area contributed by atoms with Crippen LogP contribution in [-0.4, -0.2) is 38.2 Å². The van der Waals surface area contributed by atoms with E-state index in [0.29, 0.717) is 42.9 Å². The largest absolute Gasteiger partial charge is 0.489 e. The number of Topliss-reactive ketones (excluding diaryl/α,β-unsaturated/α-hetero) is 1. The summed E-state index contributed by atoms with van der Waals surface area (Å²) in [6.45, 7) is 5.84. The third-order valence-electron chi connectivity index (χ3n) is 6.85. The van der Waals surface area contributed by atoms with Gasteiger partial charge in [-0.3, -0.25) is 4.79 Å². The van der Waals surface area contributed by atoms with Crippen LogP contribution in [-0.2, 0) is 12.8 Å². The number of benzene rings is 2. The molecule has 184 valence electrons. The van der Waals surface area contributed by atoms with E-state index >= 15 is 0 Å². The number of carbonyl (C=O) groups is 1. The van der Waals surface area contributed by atoms with Gasteiger partial charge in [0.15, 0.2) is 17.3 Å². The minimum atomic E-state index is -0.215. The highest BCUT2D eigenvalue weighted by Gasteiger charge is 2.30. The molecule has 0 atom stereocenters. The Labute approximate surface area is 202 Å². The highest BCUT2D eigenvalue weighted by atomic mass is 19.1. The number of ketones is 1. The Morgan fingerprint density at radius 2 is 1.82 bits per heavy atom. The van der Waals surface area contributed by atoms with Gasteiger partial charge in [-0.15, -0.1) is 0 Å². The van der Waals surface area contributed by atoms with Crippen LogP contribution in [0.2, 0.25) is 0 Å². The van der Waals surface area contributed by atoms with Crippen LogP contribution in [0.5, 0.6) is 17.2 Å². The molecular formula is C28H36FNO4. The van der Waals surface area contributed by atoms with E-state index in [0.717, 1.165) is 54.7 Å². The van der Waals surface area contributed by atoms with E-state index < -0.39 is 0 Å². The van der Waals surface area contributed by atoms with Crippen LogP contribution in [0.1, 0.15) is 72.5 Å². The topological polar surface area (TPSA) is 56.8 Å². The molecule has 0 aromatic heterocycles. The van der Waals surface area contributed by atoms with Gasteiger partial charge in [0.2, 0.25) is 5.75 Å². The number of hydrogen-bond donors (Lipinski definition) is 1. The molecule has 2 aliphatic rings. The number of halogens is 1. The third-order valence-corrected chi connectivity index (χ3v) is 6.85. The van der Waals surface area contributed by atoms with Gasteiger partial charge in [-0.2, -0.15) is 0 Å². The van der Waals surface area contributed by atoms with E-state index in [1.165, 1.54) is 37.8 Å². The fourth-order valence-electron chi connectivity index (χ4n) is 5.05. The molecule has 2 aromatic carbocycles. The normalized spacial score (nSPS) is 15.3. The maximum atomic E-state index is 13.1. The molecular weight excluding hydrogens is 433 g/mol. The molecule has 1 aliphatic carbocycles. The second kappa shape index (κ2) is 11.7. The smallest absolute Gasteiger partial charge is 0.204 e. The van der Waals surface area contributed by atoms with Crippen LogP contribution in [0.25, 0.3) is 0 Å². The lowest BCUT2D eigenvalue weighted by Crippen LogP contribution is -2.30. The first kappa shape index (κ1) is 24.5. The summed E-state index contributed by atoms with van der Waals surface area (Å²) in [5.74, 6) is 1.56. The third kappa shape index (κ3) is 5.90. The maximum absolute atomic E-state index is 13.1.